The van der Waals surface area contributed by atoms with E-state index in [1.54, 1.807) is 18.7 Å². The number of esters is 1. The molecule has 6 heteroatoms. The van der Waals surface area contributed by atoms with Crippen LogP contribution in [-0.2, 0) is 4.74 Å². The number of ether oxygens (including phenoxy) is 1. The molecule has 1 aromatic heterocycles. The molecule has 0 fully saturated rings. The zero-order chi connectivity index (χ0) is 16.3. The largest absolute Gasteiger partial charge is 0.461 e. The maximum Gasteiger partial charge on any atom is 0.360 e. The van der Waals surface area contributed by atoms with Crippen molar-refractivity contribution in [1.82, 2.24) is 4.98 Å². The summed E-state index contributed by atoms with van der Waals surface area (Å²) in [6.07, 6.45) is 1.28. The number of hydrogen-bond donors (Lipinski definition) is 0. The lowest BCUT2D eigenvalue weighted by atomic mass is 10.2. The fraction of sp³-hybridized carbons (Fsp3) is 0.375. The quantitative estimate of drug-likeness (QED) is 0.575. The van der Waals surface area contributed by atoms with Crippen molar-refractivity contribution >= 4 is 29.3 Å². The first-order valence-electron chi connectivity index (χ1n) is 6.92. The van der Waals surface area contributed by atoms with Gasteiger partial charge in [-0.1, -0.05) is 38.4 Å². The van der Waals surface area contributed by atoms with Gasteiger partial charge in [-0.2, -0.15) is 0 Å². The second-order valence-corrected chi connectivity index (χ2v) is 7.84. The van der Waals surface area contributed by atoms with Gasteiger partial charge < -0.3 is 9.15 Å². The van der Waals surface area contributed by atoms with Gasteiger partial charge in [0.2, 0.25) is 5.89 Å². The lowest BCUT2D eigenvalue weighted by Crippen LogP contribution is -2.06. The van der Waals surface area contributed by atoms with Crippen LogP contribution in [0.2, 0.25) is 5.02 Å². The highest BCUT2D eigenvalue weighted by molar-refractivity contribution is 8.00. The Morgan fingerprint density at radius 2 is 2.14 bits per heavy atom. The molecule has 4 nitrogen and oxygen atoms in total. The molecule has 1 heterocycles. The van der Waals surface area contributed by atoms with E-state index < -0.39 is 5.97 Å². The van der Waals surface area contributed by atoms with E-state index >= 15 is 0 Å². The van der Waals surface area contributed by atoms with Crippen LogP contribution in [0.3, 0.4) is 0 Å². The molecule has 22 heavy (non-hydrogen) atoms. The minimum atomic E-state index is -0.506. The Bertz CT molecular complexity index is 676. The van der Waals surface area contributed by atoms with Gasteiger partial charge in [0.1, 0.15) is 6.26 Å². The first kappa shape index (κ1) is 16.9. The Kier molecular flexibility index (Phi) is 5.19. The Labute approximate surface area is 139 Å². The number of thioether (sulfide) groups is 1. The van der Waals surface area contributed by atoms with Gasteiger partial charge in [0.15, 0.2) is 5.69 Å². The Morgan fingerprint density at radius 3 is 2.77 bits per heavy atom. The molecule has 0 aliphatic carbocycles. The van der Waals surface area contributed by atoms with Crippen LogP contribution in [0, 0.1) is 0 Å². The van der Waals surface area contributed by atoms with E-state index in [4.69, 9.17) is 20.8 Å². The normalized spacial score (nSPS) is 11.5. The van der Waals surface area contributed by atoms with E-state index in [2.05, 4.69) is 25.8 Å². The average molecular weight is 340 g/mol. The smallest absolute Gasteiger partial charge is 0.360 e. The van der Waals surface area contributed by atoms with Crippen LogP contribution < -0.4 is 0 Å². The summed E-state index contributed by atoms with van der Waals surface area (Å²) in [5.74, 6) is -0.196. The van der Waals surface area contributed by atoms with Gasteiger partial charge in [-0.25, -0.2) is 9.78 Å². The van der Waals surface area contributed by atoms with Crippen molar-refractivity contribution in [2.24, 2.45) is 0 Å². The molecule has 0 N–H and O–H groups in total. The third-order valence-corrected chi connectivity index (χ3v) is 4.29. The number of aromatic nitrogens is 1. The molecule has 0 atom stereocenters. The fourth-order valence-electron chi connectivity index (χ4n) is 1.78. The first-order chi connectivity index (χ1) is 10.3. The van der Waals surface area contributed by atoms with Crippen molar-refractivity contribution in [3.05, 3.63) is 35.2 Å². The van der Waals surface area contributed by atoms with Gasteiger partial charge in [-0.3, -0.25) is 0 Å². The number of hydrogen-bond acceptors (Lipinski definition) is 5. The molecule has 0 spiro atoms. The Balaban J connectivity index is 2.33. The highest BCUT2D eigenvalue weighted by Gasteiger charge is 2.20. The van der Waals surface area contributed by atoms with E-state index in [0.717, 1.165) is 4.90 Å². The summed E-state index contributed by atoms with van der Waals surface area (Å²) in [6, 6.07) is 5.66. The molecular formula is C16H18ClNO3S. The lowest BCUT2D eigenvalue weighted by molar-refractivity contribution is 0.0519. The van der Waals surface area contributed by atoms with Crippen molar-refractivity contribution < 1.29 is 13.9 Å². The van der Waals surface area contributed by atoms with Gasteiger partial charge in [0, 0.05) is 9.64 Å². The third kappa shape index (κ3) is 4.05. The molecule has 0 amide bonds. The van der Waals surface area contributed by atoms with Gasteiger partial charge >= 0.3 is 5.97 Å². The summed E-state index contributed by atoms with van der Waals surface area (Å²) in [7, 11) is 0. The van der Waals surface area contributed by atoms with Crippen molar-refractivity contribution in [3.8, 4) is 11.5 Å². The van der Waals surface area contributed by atoms with Crippen LogP contribution in [0.5, 0.6) is 0 Å². The predicted molar refractivity (Wildman–Crippen MR) is 88.5 cm³/mol. The predicted octanol–water partition coefficient (Wildman–Crippen LogP) is 5.06. The van der Waals surface area contributed by atoms with Crippen LogP contribution in [0.15, 0.2) is 33.8 Å². The highest BCUT2D eigenvalue weighted by atomic mass is 35.5. The molecule has 2 aromatic rings. The second-order valence-electron chi connectivity index (χ2n) is 5.59. The zero-order valence-electron chi connectivity index (χ0n) is 13.0. The van der Waals surface area contributed by atoms with E-state index in [0.29, 0.717) is 23.1 Å². The molecular weight excluding hydrogens is 322 g/mol. The van der Waals surface area contributed by atoms with Crippen molar-refractivity contribution in [1.29, 1.82) is 0 Å². The van der Waals surface area contributed by atoms with Gasteiger partial charge in [0.25, 0.3) is 0 Å². The van der Waals surface area contributed by atoms with Crippen LogP contribution in [-0.4, -0.2) is 22.3 Å². The van der Waals surface area contributed by atoms with Crippen molar-refractivity contribution in [2.45, 2.75) is 37.3 Å². The molecule has 0 saturated heterocycles. The van der Waals surface area contributed by atoms with Crippen LogP contribution in [0.4, 0.5) is 0 Å². The first-order valence-corrected chi connectivity index (χ1v) is 8.12. The van der Waals surface area contributed by atoms with Gasteiger partial charge in [-0.05, 0) is 19.1 Å². The van der Waals surface area contributed by atoms with Crippen LogP contribution >= 0.6 is 23.4 Å². The minimum absolute atomic E-state index is 0.0367. The zero-order valence-corrected chi connectivity index (χ0v) is 14.5. The van der Waals surface area contributed by atoms with Crippen molar-refractivity contribution in [3.63, 3.8) is 0 Å². The van der Waals surface area contributed by atoms with Gasteiger partial charge in [0.05, 0.1) is 17.2 Å². The summed E-state index contributed by atoms with van der Waals surface area (Å²) in [6.45, 7) is 8.38. The lowest BCUT2D eigenvalue weighted by Gasteiger charge is -2.18. The van der Waals surface area contributed by atoms with Gasteiger partial charge in [-0.15, -0.1) is 11.8 Å². The van der Waals surface area contributed by atoms with E-state index in [1.807, 2.05) is 18.2 Å². The Morgan fingerprint density at radius 1 is 1.41 bits per heavy atom. The molecule has 0 bridgehead atoms. The number of carbonyl (C=O) groups excluding carboxylic acids is 1. The van der Waals surface area contributed by atoms with E-state index in [9.17, 15) is 4.79 Å². The van der Waals surface area contributed by atoms with Crippen LogP contribution in [0.25, 0.3) is 11.5 Å². The third-order valence-electron chi connectivity index (χ3n) is 2.60. The molecule has 0 saturated carbocycles. The number of nitrogens with zero attached hydrogens (tertiary/aromatic N) is 1. The van der Waals surface area contributed by atoms with Crippen LogP contribution in [0.1, 0.15) is 38.2 Å². The highest BCUT2D eigenvalue weighted by Crippen LogP contribution is 2.40. The molecule has 0 unspecified atom stereocenters. The number of benzene rings is 1. The van der Waals surface area contributed by atoms with E-state index in [1.165, 1.54) is 6.26 Å². The Hall–Kier alpha value is -1.46. The monoisotopic (exact) mass is 339 g/mol. The number of halogens is 1. The topological polar surface area (TPSA) is 52.3 Å². The summed E-state index contributed by atoms with van der Waals surface area (Å²) in [5, 5.41) is 0.569. The molecule has 0 aliphatic rings. The summed E-state index contributed by atoms with van der Waals surface area (Å²) >= 11 is 8.13. The molecule has 0 radical (unpaired) electrons. The average Bonchev–Trinajstić information content (AvgIpc) is 2.89. The number of carbonyl (C=O) groups is 1. The molecule has 1 aromatic carbocycles. The summed E-state index contributed by atoms with van der Waals surface area (Å²) in [5.41, 5.74) is 0.799. The maximum atomic E-state index is 11.6. The second kappa shape index (κ2) is 6.75. The maximum absolute atomic E-state index is 11.6. The van der Waals surface area contributed by atoms with Crippen molar-refractivity contribution in [2.75, 3.05) is 6.61 Å². The number of oxazole rings is 1. The standard InChI is InChI=1S/C16H18ClNO3S/c1-5-20-15(19)11-9-21-14(18-11)10-7-6-8-12(13(10)17)22-16(2,3)4/h6-9H,5H2,1-4H3. The molecule has 2 rings (SSSR count). The number of rotatable bonds is 4. The fourth-order valence-corrected chi connectivity index (χ4v) is 3.11. The van der Waals surface area contributed by atoms with E-state index in [-0.39, 0.29) is 10.4 Å². The summed E-state index contributed by atoms with van der Waals surface area (Å²) in [4.78, 5) is 16.8. The SMILES string of the molecule is CCOC(=O)c1coc(-c2cccc(SC(C)(C)C)c2Cl)n1. The minimum Gasteiger partial charge on any atom is -0.461 e. The molecule has 118 valence electrons. The molecule has 0 aliphatic heterocycles. The summed E-state index contributed by atoms with van der Waals surface area (Å²) < 4.78 is 10.3.